The Morgan fingerprint density at radius 2 is 2.00 bits per heavy atom. The van der Waals surface area contributed by atoms with Crippen LogP contribution in [-0.4, -0.2) is 22.3 Å². The van der Waals surface area contributed by atoms with E-state index in [1.54, 1.807) is 18.0 Å². The van der Waals surface area contributed by atoms with E-state index in [9.17, 15) is 0 Å². The third-order valence-electron chi connectivity index (χ3n) is 2.28. The number of benzene rings is 1. The molecule has 0 saturated carbocycles. The fourth-order valence-corrected chi connectivity index (χ4v) is 2.40. The van der Waals surface area contributed by atoms with Gasteiger partial charge in [0, 0.05) is 34.3 Å². The molecule has 0 bridgehead atoms. The predicted molar refractivity (Wildman–Crippen MR) is 80.1 cm³/mol. The molecule has 0 radical (unpaired) electrons. The zero-order valence-electron chi connectivity index (χ0n) is 10.1. The molecule has 1 N–H and O–H groups in total. The van der Waals surface area contributed by atoms with Crippen LogP contribution < -0.4 is 5.32 Å². The average Bonchev–Trinajstić information content (AvgIpc) is 2.37. The molecule has 0 fully saturated rings. The Labute approximate surface area is 120 Å². The number of rotatable bonds is 5. The van der Waals surface area contributed by atoms with Gasteiger partial charge < -0.3 is 5.32 Å². The van der Waals surface area contributed by atoms with Gasteiger partial charge in [0.05, 0.1) is 0 Å². The number of nitrogens with one attached hydrogen (secondary N) is 1. The van der Waals surface area contributed by atoms with Crippen LogP contribution in [0.15, 0.2) is 46.2 Å². The Kier molecular flexibility index (Phi) is 5.01. The van der Waals surface area contributed by atoms with Crippen LogP contribution in [0.3, 0.4) is 0 Å². The normalized spacial score (nSPS) is 10.3. The second kappa shape index (κ2) is 6.75. The minimum Gasteiger partial charge on any atom is -0.384 e. The van der Waals surface area contributed by atoms with E-state index < -0.39 is 0 Å². The lowest BCUT2D eigenvalue weighted by molar-refractivity contribution is 0.931. The third-order valence-corrected chi connectivity index (χ3v) is 3.67. The summed E-state index contributed by atoms with van der Waals surface area (Å²) in [7, 11) is 0. The Bertz CT molecular complexity index is 502. The van der Waals surface area contributed by atoms with E-state index in [2.05, 4.69) is 43.3 Å². The van der Waals surface area contributed by atoms with Crippen molar-refractivity contribution in [3.05, 3.63) is 46.7 Å². The summed E-state index contributed by atoms with van der Waals surface area (Å²) < 4.78 is 1.09. The van der Waals surface area contributed by atoms with Crippen molar-refractivity contribution in [3.63, 3.8) is 0 Å². The first kappa shape index (κ1) is 13.4. The van der Waals surface area contributed by atoms with Gasteiger partial charge in [-0.15, -0.1) is 0 Å². The van der Waals surface area contributed by atoms with Gasteiger partial charge in [-0.1, -0.05) is 27.7 Å². The molecule has 5 heteroatoms. The first-order chi connectivity index (χ1) is 8.74. The van der Waals surface area contributed by atoms with Gasteiger partial charge in [0.2, 0.25) is 0 Å². The molecule has 2 rings (SSSR count). The molecule has 1 heterocycles. The Hall–Kier alpha value is -1.07. The number of thioether (sulfide) groups is 1. The fraction of sp³-hybridized carbons (Fsp3) is 0.231. The van der Waals surface area contributed by atoms with Gasteiger partial charge in [-0.05, 0) is 37.3 Å². The zero-order chi connectivity index (χ0) is 12.8. The van der Waals surface area contributed by atoms with Crippen LogP contribution in [0.2, 0.25) is 0 Å². The minimum atomic E-state index is 0.840. The van der Waals surface area contributed by atoms with Crippen molar-refractivity contribution in [1.82, 2.24) is 9.97 Å². The van der Waals surface area contributed by atoms with E-state index in [1.165, 1.54) is 0 Å². The Balaban J connectivity index is 1.74. The van der Waals surface area contributed by atoms with Crippen molar-refractivity contribution < 1.29 is 0 Å². The molecule has 3 nitrogen and oxygen atoms in total. The highest BCUT2D eigenvalue weighted by Crippen LogP contribution is 2.15. The van der Waals surface area contributed by atoms with Gasteiger partial charge in [0.15, 0.2) is 5.16 Å². The van der Waals surface area contributed by atoms with Crippen LogP contribution in [0.4, 0.5) is 5.69 Å². The maximum absolute atomic E-state index is 4.35. The van der Waals surface area contributed by atoms with E-state index in [4.69, 9.17) is 0 Å². The largest absolute Gasteiger partial charge is 0.384 e. The van der Waals surface area contributed by atoms with Crippen molar-refractivity contribution in [3.8, 4) is 0 Å². The second-order valence-corrected chi connectivity index (χ2v) is 5.74. The topological polar surface area (TPSA) is 37.8 Å². The van der Waals surface area contributed by atoms with Crippen LogP contribution in [0.5, 0.6) is 0 Å². The van der Waals surface area contributed by atoms with E-state index in [0.29, 0.717) is 0 Å². The monoisotopic (exact) mass is 323 g/mol. The summed E-state index contributed by atoms with van der Waals surface area (Å²) in [6.45, 7) is 2.87. The van der Waals surface area contributed by atoms with Crippen LogP contribution in [0, 0.1) is 6.92 Å². The number of aromatic nitrogens is 2. The highest BCUT2D eigenvalue weighted by Gasteiger charge is 1.97. The molecule has 0 saturated heterocycles. The summed E-state index contributed by atoms with van der Waals surface area (Å²) in [4.78, 5) is 8.56. The van der Waals surface area contributed by atoms with Crippen molar-refractivity contribution in [2.24, 2.45) is 0 Å². The summed E-state index contributed by atoms with van der Waals surface area (Å²) in [6, 6.07) is 10.1. The second-order valence-electron chi connectivity index (χ2n) is 3.76. The molecule has 0 atom stereocenters. The molecule has 0 amide bonds. The Morgan fingerprint density at radius 3 is 2.72 bits per heavy atom. The summed E-state index contributed by atoms with van der Waals surface area (Å²) >= 11 is 5.08. The van der Waals surface area contributed by atoms with Crippen molar-refractivity contribution >= 4 is 33.4 Å². The van der Waals surface area contributed by atoms with E-state index >= 15 is 0 Å². The van der Waals surface area contributed by atoms with Crippen molar-refractivity contribution in [2.45, 2.75) is 12.1 Å². The van der Waals surface area contributed by atoms with Crippen LogP contribution in [-0.2, 0) is 0 Å². The maximum Gasteiger partial charge on any atom is 0.187 e. The van der Waals surface area contributed by atoms with E-state index in [0.717, 1.165) is 33.3 Å². The smallest absolute Gasteiger partial charge is 0.187 e. The average molecular weight is 324 g/mol. The summed E-state index contributed by atoms with van der Waals surface area (Å²) in [5.41, 5.74) is 2.14. The van der Waals surface area contributed by atoms with Gasteiger partial charge >= 0.3 is 0 Å². The summed E-state index contributed by atoms with van der Waals surface area (Å²) in [5.74, 6) is 0.944. The number of anilines is 1. The first-order valence-corrected chi connectivity index (χ1v) is 7.44. The van der Waals surface area contributed by atoms with Gasteiger partial charge in [0.25, 0.3) is 0 Å². The van der Waals surface area contributed by atoms with Crippen LogP contribution in [0.1, 0.15) is 5.69 Å². The maximum atomic E-state index is 4.35. The summed E-state index contributed by atoms with van der Waals surface area (Å²) in [6.07, 6.45) is 1.80. The standard InChI is InChI=1S/C13H14BrN3S/c1-10-6-7-16-13(17-10)18-9-8-15-12-4-2-11(14)3-5-12/h2-7,15H,8-9H2,1H3. The number of aryl methyl sites for hydroxylation is 1. The minimum absolute atomic E-state index is 0.840. The molecule has 18 heavy (non-hydrogen) atoms. The third kappa shape index (κ3) is 4.31. The van der Waals surface area contributed by atoms with Gasteiger partial charge in [-0.25, -0.2) is 9.97 Å². The lowest BCUT2D eigenvalue weighted by Crippen LogP contribution is -2.04. The highest BCUT2D eigenvalue weighted by atomic mass is 79.9. The lowest BCUT2D eigenvalue weighted by Gasteiger charge is -2.05. The molecular formula is C13H14BrN3S. The molecule has 0 unspecified atom stereocenters. The van der Waals surface area contributed by atoms with E-state index in [1.807, 2.05) is 25.1 Å². The molecule has 1 aromatic carbocycles. The molecule has 0 aliphatic heterocycles. The fourth-order valence-electron chi connectivity index (χ4n) is 1.40. The van der Waals surface area contributed by atoms with Crippen LogP contribution in [0.25, 0.3) is 0 Å². The van der Waals surface area contributed by atoms with E-state index in [-0.39, 0.29) is 0 Å². The van der Waals surface area contributed by atoms with Gasteiger partial charge in [-0.2, -0.15) is 0 Å². The molecule has 2 aromatic rings. The van der Waals surface area contributed by atoms with Gasteiger partial charge in [-0.3, -0.25) is 0 Å². The van der Waals surface area contributed by atoms with Gasteiger partial charge in [0.1, 0.15) is 0 Å². The van der Waals surface area contributed by atoms with Crippen molar-refractivity contribution in [2.75, 3.05) is 17.6 Å². The zero-order valence-corrected chi connectivity index (χ0v) is 12.5. The predicted octanol–water partition coefficient (Wildman–Crippen LogP) is 3.75. The SMILES string of the molecule is Cc1ccnc(SCCNc2ccc(Br)cc2)n1. The molecule has 0 aliphatic rings. The van der Waals surface area contributed by atoms with Crippen molar-refractivity contribution in [1.29, 1.82) is 0 Å². The molecule has 1 aromatic heterocycles. The molecule has 94 valence electrons. The van der Waals surface area contributed by atoms with Crippen LogP contribution >= 0.6 is 27.7 Å². The lowest BCUT2D eigenvalue weighted by atomic mass is 10.3. The number of hydrogen-bond donors (Lipinski definition) is 1. The quantitative estimate of drug-likeness (QED) is 0.516. The number of halogens is 1. The molecule has 0 aliphatic carbocycles. The first-order valence-electron chi connectivity index (χ1n) is 5.66. The molecular weight excluding hydrogens is 310 g/mol. The summed E-state index contributed by atoms with van der Waals surface area (Å²) in [5, 5.41) is 4.20. The highest BCUT2D eigenvalue weighted by molar-refractivity contribution is 9.10. The Morgan fingerprint density at radius 1 is 1.22 bits per heavy atom. The number of hydrogen-bond acceptors (Lipinski definition) is 4. The molecule has 0 spiro atoms. The number of nitrogens with zero attached hydrogens (tertiary/aromatic N) is 2.